The van der Waals surface area contributed by atoms with Gasteiger partial charge in [0.15, 0.2) is 0 Å². The van der Waals surface area contributed by atoms with Crippen molar-refractivity contribution in [2.45, 2.75) is 96.9 Å². The van der Waals surface area contributed by atoms with Crippen LogP contribution in [-0.2, 0) is 28.1 Å². The first-order chi connectivity index (χ1) is 16.3. The van der Waals surface area contributed by atoms with Crippen molar-refractivity contribution in [1.82, 2.24) is 20.8 Å². The zero-order valence-corrected chi connectivity index (χ0v) is 21.2. The monoisotopic (exact) mass is 464 g/mol. The molecule has 6 nitrogen and oxygen atoms in total. The summed E-state index contributed by atoms with van der Waals surface area (Å²) in [7, 11) is 0. The summed E-state index contributed by atoms with van der Waals surface area (Å²) in [6.07, 6.45) is 6.66. The van der Waals surface area contributed by atoms with Crippen LogP contribution in [0.25, 0.3) is 0 Å². The summed E-state index contributed by atoms with van der Waals surface area (Å²) in [5.41, 5.74) is 4.05. The van der Waals surface area contributed by atoms with E-state index in [1.54, 1.807) is 0 Å². The van der Waals surface area contributed by atoms with Gasteiger partial charge in [0.05, 0.1) is 36.7 Å². The lowest BCUT2D eigenvalue weighted by molar-refractivity contribution is -0.123. The fourth-order valence-corrected chi connectivity index (χ4v) is 3.87. The second kappa shape index (κ2) is 12.7. The minimum absolute atomic E-state index is 0.00405. The summed E-state index contributed by atoms with van der Waals surface area (Å²) >= 11 is 0. The standard InChI is InChI=1S/C28H40N4O2/c1-5-6-7-8-9-10-11-21-12-14-22(15-13-21)20-34-24-17-25(29-19-24)27(33)30-18-23-16-26(32-31-23)28(2,3)4/h12-16,24-25,29H,5-9,17-20H2,1-4H3,(H,30,33)(H,31,32)/t24-,25+/m1/s1. The van der Waals surface area contributed by atoms with Crippen molar-refractivity contribution in [1.29, 1.82) is 0 Å². The number of aromatic amines is 1. The number of ether oxygens (including phenoxy) is 1. The average molecular weight is 465 g/mol. The Morgan fingerprint density at radius 2 is 2.00 bits per heavy atom. The maximum atomic E-state index is 12.6. The third kappa shape index (κ3) is 8.30. The summed E-state index contributed by atoms with van der Waals surface area (Å²) in [4.78, 5) is 12.6. The van der Waals surface area contributed by atoms with E-state index in [1.165, 1.54) is 25.7 Å². The average Bonchev–Trinajstić information content (AvgIpc) is 3.49. The highest BCUT2D eigenvalue weighted by Crippen LogP contribution is 2.20. The third-order valence-corrected chi connectivity index (χ3v) is 6.09. The molecule has 0 unspecified atom stereocenters. The number of rotatable bonds is 10. The highest BCUT2D eigenvalue weighted by molar-refractivity contribution is 5.82. The second-order valence-corrected chi connectivity index (χ2v) is 10.2. The van der Waals surface area contributed by atoms with Crippen LogP contribution in [0.15, 0.2) is 30.3 Å². The molecule has 0 spiro atoms. The third-order valence-electron chi connectivity index (χ3n) is 6.09. The van der Waals surface area contributed by atoms with Crippen LogP contribution in [-0.4, -0.2) is 34.8 Å². The number of amides is 1. The van der Waals surface area contributed by atoms with Gasteiger partial charge in [0.25, 0.3) is 0 Å². The van der Waals surface area contributed by atoms with Gasteiger partial charge in [-0.25, -0.2) is 0 Å². The van der Waals surface area contributed by atoms with Gasteiger partial charge in [-0.15, -0.1) is 0 Å². The van der Waals surface area contributed by atoms with E-state index in [1.807, 2.05) is 6.07 Å². The van der Waals surface area contributed by atoms with E-state index in [0.29, 0.717) is 26.1 Å². The van der Waals surface area contributed by atoms with Gasteiger partial charge >= 0.3 is 0 Å². The minimum atomic E-state index is -0.231. The Morgan fingerprint density at radius 1 is 1.21 bits per heavy atom. The molecule has 1 saturated heterocycles. The van der Waals surface area contributed by atoms with Gasteiger partial charge in [-0.2, -0.15) is 5.10 Å². The number of hydrogen-bond donors (Lipinski definition) is 3. The fraction of sp³-hybridized carbons (Fsp3) is 0.571. The fourth-order valence-electron chi connectivity index (χ4n) is 3.87. The van der Waals surface area contributed by atoms with Crippen LogP contribution in [0.4, 0.5) is 0 Å². The van der Waals surface area contributed by atoms with Crippen LogP contribution in [0, 0.1) is 11.8 Å². The number of benzene rings is 1. The predicted molar refractivity (Wildman–Crippen MR) is 136 cm³/mol. The molecule has 1 aromatic heterocycles. The van der Waals surface area contributed by atoms with Crippen LogP contribution < -0.4 is 10.6 Å². The number of H-pyrrole nitrogens is 1. The van der Waals surface area contributed by atoms with Gasteiger partial charge in [0, 0.05) is 23.9 Å². The number of unbranched alkanes of at least 4 members (excludes halogenated alkanes) is 4. The van der Waals surface area contributed by atoms with E-state index in [9.17, 15) is 4.79 Å². The molecule has 2 aromatic rings. The van der Waals surface area contributed by atoms with Crippen molar-refractivity contribution in [2.75, 3.05) is 6.54 Å². The minimum Gasteiger partial charge on any atom is -0.372 e. The van der Waals surface area contributed by atoms with Gasteiger partial charge in [-0.05, 0) is 36.6 Å². The molecule has 0 bridgehead atoms. The van der Waals surface area contributed by atoms with Crippen LogP contribution in [0.5, 0.6) is 0 Å². The summed E-state index contributed by atoms with van der Waals surface area (Å²) in [5, 5.41) is 13.6. The van der Waals surface area contributed by atoms with Crippen molar-refractivity contribution in [2.24, 2.45) is 0 Å². The normalized spacial score (nSPS) is 17.9. The Labute approximate surface area is 204 Å². The highest BCUT2D eigenvalue weighted by atomic mass is 16.5. The number of carbonyl (C=O) groups is 1. The Balaban J connectivity index is 1.36. The lowest BCUT2D eigenvalue weighted by atomic mass is 9.92. The Kier molecular flexibility index (Phi) is 9.74. The quantitative estimate of drug-likeness (QED) is 0.355. The SMILES string of the molecule is CCCCCCC#Cc1ccc(CO[C@H]2CN[C@H](C(=O)NCc3cc(C(C)(C)C)n[nH]3)C2)cc1. The molecular formula is C28H40N4O2. The second-order valence-electron chi connectivity index (χ2n) is 10.2. The van der Waals surface area contributed by atoms with E-state index < -0.39 is 0 Å². The van der Waals surface area contributed by atoms with Crippen LogP contribution in [0.2, 0.25) is 0 Å². The Hall–Kier alpha value is -2.62. The van der Waals surface area contributed by atoms with Crippen LogP contribution >= 0.6 is 0 Å². The lowest BCUT2D eigenvalue weighted by Gasteiger charge is -2.13. The maximum absolute atomic E-state index is 12.6. The van der Waals surface area contributed by atoms with Gasteiger partial charge < -0.3 is 15.4 Å². The molecular weight excluding hydrogens is 424 g/mol. The summed E-state index contributed by atoms with van der Waals surface area (Å²) in [5.74, 6) is 6.51. The van der Waals surface area contributed by atoms with Crippen LogP contribution in [0.1, 0.15) is 88.7 Å². The van der Waals surface area contributed by atoms with Crippen molar-refractivity contribution in [3.8, 4) is 11.8 Å². The molecule has 2 atom stereocenters. The first-order valence-corrected chi connectivity index (χ1v) is 12.6. The summed E-state index contributed by atoms with van der Waals surface area (Å²) in [6.45, 7) is 10.2. The molecule has 1 aliphatic heterocycles. The largest absolute Gasteiger partial charge is 0.372 e. The molecule has 6 heteroatoms. The van der Waals surface area contributed by atoms with Crippen molar-refractivity contribution < 1.29 is 9.53 Å². The van der Waals surface area contributed by atoms with Gasteiger partial charge in [-0.3, -0.25) is 9.89 Å². The molecule has 1 aromatic carbocycles. The Bertz CT molecular complexity index is 963. The molecule has 0 saturated carbocycles. The van der Waals surface area contributed by atoms with Crippen molar-refractivity contribution >= 4 is 5.91 Å². The Morgan fingerprint density at radius 3 is 2.71 bits per heavy atom. The van der Waals surface area contributed by atoms with E-state index in [4.69, 9.17) is 4.74 Å². The number of carbonyl (C=O) groups excluding carboxylic acids is 1. The van der Waals surface area contributed by atoms with E-state index >= 15 is 0 Å². The topological polar surface area (TPSA) is 79.0 Å². The summed E-state index contributed by atoms with van der Waals surface area (Å²) in [6, 6.07) is 10.0. The lowest BCUT2D eigenvalue weighted by Crippen LogP contribution is -2.40. The van der Waals surface area contributed by atoms with Crippen molar-refractivity contribution in [3.05, 3.63) is 52.8 Å². The molecule has 0 radical (unpaired) electrons. The zero-order chi connectivity index (χ0) is 24.4. The van der Waals surface area contributed by atoms with E-state index in [0.717, 1.165) is 28.9 Å². The van der Waals surface area contributed by atoms with Crippen molar-refractivity contribution in [3.63, 3.8) is 0 Å². The van der Waals surface area contributed by atoms with E-state index in [2.05, 4.69) is 84.6 Å². The number of hydrogen-bond acceptors (Lipinski definition) is 4. The van der Waals surface area contributed by atoms with E-state index in [-0.39, 0.29) is 23.5 Å². The summed E-state index contributed by atoms with van der Waals surface area (Å²) < 4.78 is 6.05. The number of aromatic nitrogens is 2. The first kappa shape index (κ1) is 26.0. The molecule has 34 heavy (non-hydrogen) atoms. The molecule has 0 aliphatic carbocycles. The molecule has 1 amide bonds. The smallest absolute Gasteiger partial charge is 0.237 e. The first-order valence-electron chi connectivity index (χ1n) is 12.6. The molecule has 2 heterocycles. The van der Waals surface area contributed by atoms with Gasteiger partial charge in [-0.1, -0.05) is 70.9 Å². The van der Waals surface area contributed by atoms with Gasteiger partial charge in [0.2, 0.25) is 5.91 Å². The van der Waals surface area contributed by atoms with Gasteiger partial charge in [0.1, 0.15) is 0 Å². The molecule has 1 fully saturated rings. The number of nitrogens with one attached hydrogen (secondary N) is 3. The molecule has 3 N–H and O–H groups in total. The highest BCUT2D eigenvalue weighted by Gasteiger charge is 2.30. The molecule has 3 rings (SSSR count). The maximum Gasteiger partial charge on any atom is 0.237 e. The zero-order valence-electron chi connectivity index (χ0n) is 21.2. The molecule has 1 aliphatic rings. The molecule has 184 valence electrons. The number of nitrogens with zero attached hydrogens (tertiary/aromatic N) is 1. The predicted octanol–water partition coefficient (Wildman–Crippen LogP) is 4.59. The van der Waals surface area contributed by atoms with Crippen LogP contribution in [0.3, 0.4) is 0 Å².